The van der Waals surface area contributed by atoms with Gasteiger partial charge in [0, 0.05) is 31.5 Å². The molecular weight excluding hydrogens is 184 g/mol. The first-order chi connectivity index (χ1) is 6.34. The molecule has 1 aliphatic heterocycles. The third-order valence-electron chi connectivity index (χ3n) is 3.24. The monoisotopic (exact) mass is 205 g/mol. The zero-order valence-corrected chi connectivity index (χ0v) is 9.56. The van der Waals surface area contributed by atoms with E-state index in [-0.39, 0.29) is 12.3 Å². The van der Waals surface area contributed by atoms with Crippen LogP contribution in [0.25, 0.3) is 0 Å². The number of likely N-dealkylation sites (tertiary alicyclic amines) is 1. The highest BCUT2D eigenvalue weighted by molar-refractivity contribution is 4.88. The number of nitrogens with zero attached hydrogens (tertiary/aromatic N) is 1. The predicted molar refractivity (Wildman–Crippen MR) is 54.6 cm³/mol. The van der Waals surface area contributed by atoms with Crippen LogP contribution in [0, 0.1) is 11.8 Å². The second kappa shape index (κ2) is 4.13. The van der Waals surface area contributed by atoms with Crippen molar-refractivity contribution in [1.29, 1.82) is 0 Å². The van der Waals surface area contributed by atoms with Crippen LogP contribution in [0.5, 0.6) is 0 Å². The molecule has 0 spiro atoms. The first-order valence-corrected chi connectivity index (χ1v) is 5.46. The van der Waals surface area contributed by atoms with E-state index in [1.54, 1.807) is 0 Å². The molecule has 0 bridgehead atoms. The standard InChI is InChI=1S/C11H21F2N/c1-8(2)10-7-14(9(3)4)6-5-11(10,12)13/h8-10H,5-7H2,1-4H3/t10-/m1/s1. The van der Waals surface area contributed by atoms with Crippen LogP contribution in [0.1, 0.15) is 34.1 Å². The zero-order chi connectivity index (χ0) is 10.9. The number of alkyl halides is 2. The molecule has 3 heteroatoms. The summed E-state index contributed by atoms with van der Waals surface area (Å²) in [5.41, 5.74) is 0. The van der Waals surface area contributed by atoms with Crippen LogP contribution < -0.4 is 0 Å². The summed E-state index contributed by atoms with van der Waals surface area (Å²) in [6.45, 7) is 9.00. The largest absolute Gasteiger partial charge is 0.300 e. The normalized spacial score (nSPS) is 28.7. The fraction of sp³-hybridized carbons (Fsp3) is 1.00. The Morgan fingerprint density at radius 3 is 2.21 bits per heavy atom. The molecular formula is C11H21F2N. The molecule has 1 fully saturated rings. The van der Waals surface area contributed by atoms with Gasteiger partial charge in [0.2, 0.25) is 0 Å². The topological polar surface area (TPSA) is 3.24 Å². The van der Waals surface area contributed by atoms with Gasteiger partial charge in [-0.3, -0.25) is 0 Å². The van der Waals surface area contributed by atoms with E-state index in [1.807, 2.05) is 13.8 Å². The maximum absolute atomic E-state index is 13.5. The van der Waals surface area contributed by atoms with E-state index in [4.69, 9.17) is 0 Å². The Morgan fingerprint density at radius 1 is 1.21 bits per heavy atom. The molecule has 1 heterocycles. The van der Waals surface area contributed by atoms with Gasteiger partial charge in [0.1, 0.15) is 0 Å². The maximum atomic E-state index is 13.5. The number of piperidine rings is 1. The van der Waals surface area contributed by atoms with Gasteiger partial charge in [-0.1, -0.05) is 13.8 Å². The quantitative estimate of drug-likeness (QED) is 0.670. The Morgan fingerprint density at radius 2 is 1.79 bits per heavy atom. The summed E-state index contributed by atoms with van der Waals surface area (Å²) < 4.78 is 27.1. The van der Waals surface area contributed by atoms with Crippen molar-refractivity contribution >= 4 is 0 Å². The van der Waals surface area contributed by atoms with Crippen LogP contribution >= 0.6 is 0 Å². The van der Waals surface area contributed by atoms with E-state index in [0.717, 1.165) is 0 Å². The predicted octanol–water partition coefficient (Wildman–Crippen LogP) is 3.01. The van der Waals surface area contributed by atoms with Gasteiger partial charge in [0.05, 0.1) is 0 Å². The average Bonchev–Trinajstić information content (AvgIpc) is 2.02. The smallest absolute Gasteiger partial charge is 0.253 e. The molecule has 1 aliphatic rings. The molecule has 14 heavy (non-hydrogen) atoms. The van der Waals surface area contributed by atoms with Gasteiger partial charge >= 0.3 is 0 Å². The summed E-state index contributed by atoms with van der Waals surface area (Å²) in [5.74, 6) is -2.87. The molecule has 1 nitrogen and oxygen atoms in total. The molecule has 0 saturated carbocycles. The van der Waals surface area contributed by atoms with E-state index in [2.05, 4.69) is 18.7 Å². The summed E-state index contributed by atoms with van der Waals surface area (Å²) >= 11 is 0. The van der Waals surface area contributed by atoms with Gasteiger partial charge in [0.15, 0.2) is 0 Å². The van der Waals surface area contributed by atoms with Crippen LogP contribution in [0.4, 0.5) is 8.78 Å². The van der Waals surface area contributed by atoms with Crippen LogP contribution in [0.15, 0.2) is 0 Å². The summed E-state index contributed by atoms with van der Waals surface area (Å²) in [7, 11) is 0. The highest BCUT2D eigenvalue weighted by Gasteiger charge is 2.45. The van der Waals surface area contributed by atoms with E-state index >= 15 is 0 Å². The second-order valence-electron chi connectivity index (χ2n) is 4.95. The minimum Gasteiger partial charge on any atom is -0.300 e. The van der Waals surface area contributed by atoms with Crippen molar-refractivity contribution in [3.05, 3.63) is 0 Å². The van der Waals surface area contributed by atoms with Crippen LogP contribution in [0.2, 0.25) is 0 Å². The Balaban J connectivity index is 2.68. The summed E-state index contributed by atoms with van der Waals surface area (Å²) in [5, 5.41) is 0. The van der Waals surface area contributed by atoms with E-state index < -0.39 is 11.8 Å². The Kier molecular flexibility index (Phi) is 3.51. The van der Waals surface area contributed by atoms with Gasteiger partial charge in [0.25, 0.3) is 5.92 Å². The number of halogens is 2. The zero-order valence-electron chi connectivity index (χ0n) is 9.56. The van der Waals surface area contributed by atoms with Crippen molar-refractivity contribution in [2.24, 2.45) is 11.8 Å². The van der Waals surface area contributed by atoms with Gasteiger partial charge in [-0.15, -0.1) is 0 Å². The molecule has 1 atom stereocenters. The molecule has 1 rings (SSSR count). The molecule has 84 valence electrons. The molecule has 0 amide bonds. The fourth-order valence-electron chi connectivity index (χ4n) is 2.12. The second-order valence-corrected chi connectivity index (χ2v) is 4.95. The lowest BCUT2D eigenvalue weighted by molar-refractivity contribution is -0.125. The van der Waals surface area contributed by atoms with Gasteiger partial charge in [-0.05, 0) is 19.8 Å². The van der Waals surface area contributed by atoms with Crippen molar-refractivity contribution < 1.29 is 8.78 Å². The summed E-state index contributed by atoms with van der Waals surface area (Å²) in [6, 6.07) is 0.382. The highest BCUT2D eigenvalue weighted by atomic mass is 19.3. The Hall–Kier alpha value is -0.180. The molecule has 1 saturated heterocycles. The fourth-order valence-corrected chi connectivity index (χ4v) is 2.12. The van der Waals surface area contributed by atoms with Gasteiger partial charge < -0.3 is 4.90 Å². The first-order valence-electron chi connectivity index (χ1n) is 5.46. The molecule has 0 aromatic rings. The van der Waals surface area contributed by atoms with E-state index in [1.165, 1.54) is 0 Å². The van der Waals surface area contributed by atoms with Gasteiger partial charge in [-0.25, -0.2) is 8.78 Å². The maximum Gasteiger partial charge on any atom is 0.253 e. The van der Waals surface area contributed by atoms with Crippen molar-refractivity contribution in [2.45, 2.75) is 46.1 Å². The minimum atomic E-state index is -2.46. The van der Waals surface area contributed by atoms with Crippen LogP contribution in [0.3, 0.4) is 0 Å². The average molecular weight is 205 g/mol. The highest BCUT2D eigenvalue weighted by Crippen LogP contribution is 2.38. The SMILES string of the molecule is CC(C)[C@H]1CN(C(C)C)CCC1(F)F. The summed E-state index contributed by atoms with van der Waals surface area (Å²) in [6.07, 6.45) is 0.0219. The molecule has 0 radical (unpaired) electrons. The minimum absolute atomic E-state index is 0.0219. The third-order valence-corrected chi connectivity index (χ3v) is 3.24. The van der Waals surface area contributed by atoms with Gasteiger partial charge in [-0.2, -0.15) is 0 Å². The van der Waals surface area contributed by atoms with Crippen molar-refractivity contribution in [3.8, 4) is 0 Å². The Bertz CT molecular complexity index is 190. The molecule has 0 aromatic carbocycles. The Labute approximate surface area is 85.5 Å². The molecule has 0 unspecified atom stereocenters. The number of hydrogen-bond donors (Lipinski definition) is 0. The summed E-state index contributed by atoms with van der Waals surface area (Å²) in [4.78, 5) is 2.15. The lowest BCUT2D eigenvalue weighted by Crippen LogP contribution is -2.51. The lowest BCUT2D eigenvalue weighted by atomic mass is 9.84. The number of hydrogen-bond acceptors (Lipinski definition) is 1. The number of rotatable bonds is 2. The van der Waals surface area contributed by atoms with E-state index in [9.17, 15) is 8.78 Å². The molecule has 0 aromatic heterocycles. The molecule has 0 aliphatic carbocycles. The van der Waals surface area contributed by atoms with Crippen LogP contribution in [-0.2, 0) is 0 Å². The first kappa shape index (κ1) is 11.9. The molecule has 0 N–H and O–H groups in total. The van der Waals surface area contributed by atoms with Crippen molar-refractivity contribution in [2.75, 3.05) is 13.1 Å². The van der Waals surface area contributed by atoms with Crippen LogP contribution in [-0.4, -0.2) is 30.0 Å². The lowest BCUT2D eigenvalue weighted by Gasteiger charge is -2.42. The van der Waals surface area contributed by atoms with Crippen molar-refractivity contribution in [1.82, 2.24) is 4.90 Å². The third kappa shape index (κ3) is 2.44. The van der Waals surface area contributed by atoms with Crippen molar-refractivity contribution in [3.63, 3.8) is 0 Å². The van der Waals surface area contributed by atoms with E-state index in [0.29, 0.717) is 19.1 Å².